The van der Waals surface area contributed by atoms with Gasteiger partial charge < -0.3 is 14.2 Å². The average molecular weight is 1100 g/mol. The zero-order valence-electron chi connectivity index (χ0n) is 52.4. The standard InChI is InChI=1S/C73H128O6/c1-4-7-10-13-16-19-22-24-26-28-30-32-33-34-35-36-37-38-39-40-41-42-44-45-47-49-51-54-57-60-63-66-72(75)78-69-70(68-77-71(74)65-62-59-56-53-21-18-15-12-9-6-3)79-73(76)67-64-61-58-55-52-50-48-46-43-31-29-27-25-23-20-17-14-11-8-5-2/h7,10,16,19,24,26,30,32,34-35,37-38,40-41,70H,4-6,8-9,11-15,17-18,20-23,25,27-29,31,33,36,39,42-69H2,1-3H3/b10-7-,19-16-,26-24-,32-30-,35-34-,38-37-,41-40-. The molecule has 79 heavy (non-hydrogen) atoms. The van der Waals surface area contributed by atoms with Gasteiger partial charge in [0, 0.05) is 19.3 Å². The summed E-state index contributed by atoms with van der Waals surface area (Å²) >= 11 is 0. The summed E-state index contributed by atoms with van der Waals surface area (Å²) in [6.07, 6.45) is 88.9. The topological polar surface area (TPSA) is 78.9 Å². The minimum absolute atomic E-state index is 0.0728. The minimum atomic E-state index is -0.775. The molecule has 1 unspecified atom stereocenters. The Morgan fingerprint density at radius 2 is 0.494 bits per heavy atom. The molecular weight excluding hydrogens is 973 g/mol. The lowest BCUT2D eigenvalue weighted by Gasteiger charge is -2.18. The zero-order chi connectivity index (χ0) is 57.1. The SMILES string of the molecule is CC/C=C\C/C=C\C/C=C\C/C=C\C/C=C\C/C=C\C/C=C\CCCCCCCCCCCC(=O)OCC(COC(=O)CCCCCCCCCCCC)OC(=O)CCCCCCCCCCCCCCCCCCCCCC. The molecule has 0 saturated heterocycles. The van der Waals surface area contributed by atoms with Crippen LogP contribution in [0.2, 0.25) is 0 Å². The summed E-state index contributed by atoms with van der Waals surface area (Å²) in [6.45, 7) is 6.56. The molecule has 0 aromatic carbocycles. The Morgan fingerprint density at radius 3 is 0.772 bits per heavy atom. The van der Waals surface area contributed by atoms with Gasteiger partial charge in [-0.2, -0.15) is 0 Å². The van der Waals surface area contributed by atoms with Gasteiger partial charge in [-0.3, -0.25) is 14.4 Å². The zero-order valence-corrected chi connectivity index (χ0v) is 52.4. The van der Waals surface area contributed by atoms with E-state index in [9.17, 15) is 14.4 Å². The van der Waals surface area contributed by atoms with Crippen molar-refractivity contribution in [3.8, 4) is 0 Å². The smallest absolute Gasteiger partial charge is 0.306 e. The van der Waals surface area contributed by atoms with Crippen molar-refractivity contribution in [2.75, 3.05) is 13.2 Å². The summed E-state index contributed by atoms with van der Waals surface area (Å²) in [7, 11) is 0. The van der Waals surface area contributed by atoms with Gasteiger partial charge in [-0.1, -0.05) is 331 Å². The fraction of sp³-hybridized carbons (Fsp3) is 0.767. The lowest BCUT2D eigenvalue weighted by Crippen LogP contribution is -2.30. The van der Waals surface area contributed by atoms with Crippen molar-refractivity contribution in [1.29, 1.82) is 0 Å². The van der Waals surface area contributed by atoms with Crippen molar-refractivity contribution in [2.24, 2.45) is 0 Å². The van der Waals surface area contributed by atoms with Crippen LogP contribution >= 0.6 is 0 Å². The fourth-order valence-corrected chi connectivity index (χ4v) is 9.84. The first kappa shape index (κ1) is 75.6. The van der Waals surface area contributed by atoms with E-state index in [1.165, 1.54) is 193 Å². The van der Waals surface area contributed by atoms with E-state index < -0.39 is 6.10 Å². The molecule has 0 aliphatic carbocycles. The van der Waals surface area contributed by atoms with Gasteiger partial charge in [-0.05, 0) is 77.0 Å². The Balaban J connectivity index is 4.20. The molecule has 6 heteroatoms. The third-order valence-corrected chi connectivity index (χ3v) is 14.9. The molecule has 0 aromatic heterocycles. The van der Waals surface area contributed by atoms with Gasteiger partial charge in [-0.15, -0.1) is 0 Å². The van der Waals surface area contributed by atoms with Gasteiger partial charge in [0.15, 0.2) is 6.10 Å². The molecule has 0 heterocycles. The van der Waals surface area contributed by atoms with Gasteiger partial charge in [-0.25, -0.2) is 0 Å². The third kappa shape index (κ3) is 65.3. The molecule has 0 radical (unpaired) electrons. The van der Waals surface area contributed by atoms with Gasteiger partial charge in [0.2, 0.25) is 0 Å². The Labute approximate surface area is 490 Å². The Bertz CT molecular complexity index is 1500. The highest BCUT2D eigenvalue weighted by molar-refractivity contribution is 5.71. The van der Waals surface area contributed by atoms with E-state index in [2.05, 4.69) is 106 Å². The predicted octanol–water partition coefficient (Wildman–Crippen LogP) is 23.4. The van der Waals surface area contributed by atoms with Gasteiger partial charge in [0.25, 0.3) is 0 Å². The summed E-state index contributed by atoms with van der Waals surface area (Å²) in [5.74, 6) is -0.862. The van der Waals surface area contributed by atoms with Crippen molar-refractivity contribution in [2.45, 2.75) is 348 Å². The molecule has 0 N–H and O–H groups in total. The number of ether oxygens (including phenoxy) is 3. The number of allylic oxidation sites excluding steroid dienone is 14. The van der Waals surface area contributed by atoms with Crippen LogP contribution in [0.15, 0.2) is 85.1 Å². The van der Waals surface area contributed by atoms with Crippen molar-refractivity contribution in [3.63, 3.8) is 0 Å². The first-order valence-electron chi connectivity index (χ1n) is 34.1. The fourth-order valence-electron chi connectivity index (χ4n) is 9.84. The molecule has 1 atom stereocenters. The highest BCUT2D eigenvalue weighted by Crippen LogP contribution is 2.17. The van der Waals surface area contributed by atoms with Crippen LogP contribution in [-0.2, 0) is 28.6 Å². The second-order valence-corrected chi connectivity index (χ2v) is 22.7. The van der Waals surface area contributed by atoms with Crippen LogP contribution in [0.25, 0.3) is 0 Å². The van der Waals surface area contributed by atoms with E-state index in [-0.39, 0.29) is 31.1 Å². The predicted molar refractivity (Wildman–Crippen MR) is 344 cm³/mol. The maximum absolute atomic E-state index is 12.9. The molecule has 0 rings (SSSR count). The Kier molecular flexibility index (Phi) is 64.2. The molecule has 0 aliphatic rings. The number of unbranched alkanes of at least 4 members (excludes halogenated alkanes) is 37. The highest BCUT2D eigenvalue weighted by Gasteiger charge is 2.19. The number of hydrogen-bond donors (Lipinski definition) is 0. The lowest BCUT2D eigenvalue weighted by molar-refractivity contribution is -0.167. The van der Waals surface area contributed by atoms with Crippen molar-refractivity contribution >= 4 is 17.9 Å². The van der Waals surface area contributed by atoms with E-state index in [1.807, 2.05) is 0 Å². The van der Waals surface area contributed by atoms with Crippen LogP contribution in [-0.4, -0.2) is 37.2 Å². The summed E-state index contributed by atoms with van der Waals surface area (Å²) in [5, 5.41) is 0. The molecule has 0 fully saturated rings. The van der Waals surface area contributed by atoms with Gasteiger partial charge >= 0.3 is 17.9 Å². The van der Waals surface area contributed by atoms with Gasteiger partial charge in [0.1, 0.15) is 13.2 Å². The maximum atomic E-state index is 12.9. The van der Waals surface area contributed by atoms with Crippen molar-refractivity contribution in [3.05, 3.63) is 85.1 Å². The highest BCUT2D eigenvalue weighted by atomic mass is 16.6. The third-order valence-electron chi connectivity index (χ3n) is 14.9. The molecule has 0 bridgehead atoms. The molecule has 456 valence electrons. The largest absolute Gasteiger partial charge is 0.462 e. The molecule has 0 aromatic rings. The van der Waals surface area contributed by atoms with Crippen LogP contribution in [0.3, 0.4) is 0 Å². The molecule has 0 aliphatic heterocycles. The van der Waals surface area contributed by atoms with E-state index in [0.29, 0.717) is 19.3 Å². The van der Waals surface area contributed by atoms with Crippen LogP contribution in [0.5, 0.6) is 0 Å². The first-order chi connectivity index (χ1) is 39.0. The molecular formula is C73H128O6. The van der Waals surface area contributed by atoms with Gasteiger partial charge in [0.05, 0.1) is 0 Å². The molecule has 0 spiro atoms. The second-order valence-electron chi connectivity index (χ2n) is 22.7. The summed E-state index contributed by atoms with van der Waals surface area (Å²) in [5.41, 5.74) is 0. The quantitative estimate of drug-likeness (QED) is 0.0261. The average Bonchev–Trinajstić information content (AvgIpc) is 3.45. The van der Waals surface area contributed by atoms with E-state index in [4.69, 9.17) is 14.2 Å². The van der Waals surface area contributed by atoms with Crippen LogP contribution in [0.1, 0.15) is 342 Å². The molecule has 0 saturated carbocycles. The summed E-state index contributed by atoms with van der Waals surface area (Å²) in [6, 6.07) is 0. The Hall–Kier alpha value is -3.41. The van der Waals surface area contributed by atoms with Crippen LogP contribution < -0.4 is 0 Å². The van der Waals surface area contributed by atoms with Crippen LogP contribution in [0, 0.1) is 0 Å². The van der Waals surface area contributed by atoms with E-state index >= 15 is 0 Å². The number of carbonyl (C=O) groups excluding carboxylic acids is 3. The summed E-state index contributed by atoms with van der Waals surface area (Å²) < 4.78 is 16.9. The van der Waals surface area contributed by atoms with Crippen molar-refractivity contribution in [1.82, 2.24) is 0 Å². The minimum Gasteiger partial charge on any atom is -0.462 e. The lowest BCUT2D eigenvalue weighted by atomic mass is 10.0. The number of hydrogen-bond acceptors (Lipinski definition) is 6. The number of rotatable bonds is 62. The van der Waals surface area contributed by atoms with E-state index in [1.54, 1.807) is 0 Å². The second kappa shape index (κ2) is 67.1. The normalized spacial score (nSPS) is 12.6. The molecule has 0 amide bonds. The van der Waals surface area contributed by atoms with Crippen molar-refractivity contribution < 1.29 is 28.6 Å². The maximum Gasteiger partial charge on any atom is 0.306 e. The Morgan fingerprint density at radius 1 is 0.266 bits per heavy atom. The monoisotopic (exact) mass is 1100 g/mol. The first-order valence-corrected chi connectivity index (χ1v) is 34.1. The number of esters is 3. The van der Waals surface area contributed by atoms with Crippen LogP contribution in [0.4, 0.5) is 0 Å². The van der Waals surface area contributed by atoms with E-state index in [0.717, 1.165) is 109 Å². The summed E-state index contributed by atoms with van der Waals surface area (Å²) in [4.78, 5) is 38.3. The molecule has 6 nitrogen and oxygen atoms in total. The number of carbonyl (C=O) groups is 3.